The van der Waals surface area contributed by atoms with Crippen LogP contribution >= 0.6 is 11.3 Å². The molecule has 1 aromatic heterocycles. The van der Waals surface area contributed by atoms with Crippen molar-refractivity contribution in [2.24, 2.45) is 0 Å². The number of nitro groups is 1. The van der Waals surface area contributed by atoms with E-state index < -0.39 is 32.6 Å². The highest BCUT2D eigenvalue weighted by Crippen LogP contribution is 2.34. The first-order chi connectivity index (χ1) is 15.6. The van der Waals surface area contributed by atoms with Gasteiger partial charge in [0.2, 0.25) is 0 Å². The number of thiophene rings is 1. The second-order valence-electron chi connectivity index (χ2n) is 6.40. The van der Waals surface area contributed by atoms with E-state index in [1.807, 2.05) is 0 Å². The molecule has 0 aliphatic carbocycles. The first-order valence-corrected chi connectivity index (χ1v) is 11.6. The predicted octanol–water partition coefficient (Wildman–Crippen LogP) is 4.03. The van der Waals surface area contributed by atoms with Crippen LogP contribution in [0.25, 0.3) is 0 Å². The number of esters is 1. The number of nitrogens with zero attached hydrogens (tertiary/aromatic N) is 1. The molecule has 1 heterocycles. The van der Waals surface area contributed by atoms with E-state index in [-0.39, 0.29) is 38.3 Å². The van der Waals surface area contributed by atoms with Gasteiger partial charge in [0.05, 0.1) is 16.4 Å². The van der Waals surface area contributed by atoms with Crippen LogP contribution in [0.4, 0.5) is 20.1 Å². The van der Waals surface area contributed by atoms with E-state index in [0.717, 1.165) is 30.3 Å². The Bertz CT molecular complexity index is 1300. The van der Waals surface area contributed by atoms with Crippen LogP contribution in [-0.2, 0) is 14.8 Å². The van der Waals surface area contributed by atoms with E-state index in [4.69, 9.17) is 4.74 Å². The average Bonchev–Trinajstić information content (AvgIpc) is 3.19. The third-order valence-corrected chi connectivity index (χ3v) is 6.54. The number of rotatable bonds is 8. The SMILES string of the molecule is CCOC(=O)c1cc([N+](=O)[O-])sc1NC(=O)c1ccc(NS(=O)(=O)c2ccc(F)cc2)cc1. The number of ether oxygens (including phenoxy) is 1. The van der Waals surface area contributed by atoms with Gasteiger partial charge in [-0.05, 0) is 66.8 Å². The van der Waals surface area contributed by atoms with Crippen LogP contribution in [-0.4, -0.2) is 31.8 Å². The Balaban J connectivity index is 1.76. The van der Waals surface area contributed by atoms with Crippen molar-refractivity contribution in [2.45, 2.75) is 11.8 Å². The van der Waals surface area contributed by atoms with E-state index in [2.05, 4.69) is 10.0 Å². The van der Waals surface area contributed by atoms with Gasteiger partial charge in [0.15, 0.2) is 0 Å². The molecule has 3 rings (SSSR count). The van der Waals surface area contributed by atoms with Crippen LogP contribution < -0.4 is 10.0 Å². The Labute approximate surface area is 191 Å². The maximum Gasteiger partial charge on any atom is 0.341 e. The minimum Gasteiger partial charge on any atom is -0.462 e. The van der Waals surface area contributed by atoms with Gasteiger partial charge in [-0.25, -0.2) is 17.6 Å². The first kappa shape index (κ1) is 23.8. The van der Waals surface area contributed by atoms with Crippen molar-refractivity contribution < 1.29 is 32.1 Å². The lowest BCUT2D eigenvalue weighted by molar-refractivity contribution is -0.380. The molecule has 2 N–H and O–H groups in total. The summed E-state index contributed by atoms with van der Waals surface area (Å²) in [4.78, 5) is 34.9. The van der Waals surface area contributed by atoms with Crippen LogP contribution in [0.3, 0.4) is 0 Å². The molecule has 13 heteroatoms. The van der Waals surface area contributed by atoms with E-state index in [1.165, 1.54) is 24.3 Å². The standard InChI is InChI=1S/C20H16FN3O7S2/c1-2-31-20(26)16-11-17(24(27)28)32-19(16)22-18(25)12-3-7-14(8-4-12)23-33(29,30)15-9-5-13(21)6-10-15/h3-11,23H,2H2,1H3,(H,22,25). The molecule has 3 aromatic rings. The number of hydrogen-bond donors (Lipinski definition) is 2. The normalized spacial score (nSPS) is 11.0. The molecule has 10 nitrogen and oxygen atoms in total. The summed E-state index contributed by atoms with van der Waals surface area (Å²) in [5.74, 6) is -2.07. The zero-order chi connectivity index (χ0) is 24.2. The first-order valence-electron chi connectivity index (χ1n) is 9.26. The highest BCUT2D eigenvalue weighted by molar-refractivity contribution is 7.92. The van der Waals surface area contributed by atoms with Gasteiger partial charge in [-0.3, -0.25) is 19.6 Å². The number of anilines is 2. The lowest BCUT2D eigenvalue weighted by Gasteiger charge is -2.09. The molecule has 0 saturated carbocycles. The fourth-order valence-corrected chi connectivity index (χ4v) is 4.53. The lowest BCUT2D eigenvalue weighted by atomic mass is 10.2. The summed E-state index contributed by atoms with van der Waals surface area (Å²) in [6, 6.07) is 10.6. The summed E-state index contributed by atoms with van der Waals surface area (Å²) in [6.07, 6.45) is 0. The van der Waals surface area contributed by atoms with Gasteiger partial charge >= 0.3 is 11.0 Å². The van der Waals surface area contributed by atoms with Gasteiger partial charge in [-0.1, -0.05) is 0 Å². The average molecular weight is 493 g/mol. The number of sulfonamides is 1. The third-order valence-electron chi connectivity index (χ3n) is 4.14. The van der Waals surface area contributed by atoms with E-state index in [9.17, 15) is 32.5 Å². The van der Waals surface area contributed by atoms with Crippen molar-refractivity contribution in [3.05, 3.63) is 81.7 Å². The second kappa shape index (κ2) is 9.75. The summed E-state index contributed by atoms with van der Waals surface area (Å²) < 4.78 is 44.9. The number of carbonyl (C=O) groups is 2. The molecule has 0 aliphatic rings. The Morgan fingerprint density at radius 2 is 1.76 bits per heavy atom. The highest BCUT2D eigenvalue weighted by atomic mass is 32.2. The van der Waals surface area contributed by atoms with E-state index in [1.54, 1.807) is 6.92 Å². The number of halogens is 1. The molecule has 0 fully saturated rings. The van der Waals surface area contributed by atoms with Crippen LogP contribution in [0.1, 0.15) is 27.6 Å². The number of nitrogens with one attached hydrogen (secondary N) is 2. The molecular weight excluding hydrogens is 477 g/mol. The summed E-state index contributed by atoms with van der Waals surface area (Å²) in [7, 11) is -3.97. The smallest absolute Gasteiger partial charge is 0.341 e. The third kappa shape index (κ3) is 5.70. The van der Waals surface area contributed by atoms with Crippen LogP contribution in [0.15, 0.2) is 59.5 Å². The Morgan fingerprint density at radius 3 is 2.33 bits per heavy atom. The van der Waals surface area contributed by atoms with Gasteiger partial charge < -0.3 is 10.1 Å². The Hall–Kier alpha value is -3.84. The zero-order valence-electron chi connectivity index (χ0n) is 16.9. The maximum atomic E-state index is 13.0. The van der Waals surface area contributed by atoms with E-state index >= 15 is 0 Å². The van der Waals surface area contributed by atoms with Crippen molar-refractivity contribution in [1.82, 2.24) is 0 Å². The molecule has 0 unspecified atom stereocenters. The fourth-order valence-electron chi connectivity index (χ4n) is 2.61. The topological polar surface area (TPSA) is 145 Å². The molecule has 0 saturated heterocycles. The summed E-state index contributed by atoms with van der Waals surface area (Å²) >= 11 is 0.604. The minimum absolute atomic E-state index is 0.0468. The van der Waals surface area contributed by atoms with Crippen molar-refractivity contribution >= 4 is 48.9 Å². The van der Waals surface area contributed by atoms with Gasteiger partial charge in [0.25, 0.3) is 15.9 Å². The summed E-state index contributed by atoms with van der Waals surface area (Å²) in [5, 5.41) is 13.1. The number of carbonyl (C=O) groups excluding carboxylic acids is 2. The van der Waals surface area contributed by atoms with E-state index in [0.29, 0.717) is 11.3 Å². The quantitative estimate of drug-likeness (QED) is 0.274. The largest absolute Gasteiger partial charge is 0.462 e. The number of benzene rings is 2. The molecule has 0 bridgehead atoms. The van der Waals surface area contributed by atoms with Crippen molar-refractivity contribution in [1.29, 1.82) is 0 Å². The molecule has 33 heavy (non-hydrogen) atoms. The Morgan fingerprint density at radius 1 is 1.12 bits per heavy atom. The zero-order valence-corrected chi connectivity index (χ0v) is 18.5. The highest BCUT2D eigenvalue weighted by Gasteiger charge is 2.24. The fraction of sp³-hybridized carbons (Fsp3) is 0.100. The van der Waals surface area contributed by atoms with Gasteiger partial charge in [-0.15, -0.1) is 0 Å². The van der Waals surface area contributed by atoms with Crippen LogP contribution in [0, 0.1) is 15.9 Å². The monoisotopic (exact) mass is 493 g/mol. The van der Waals surface area contributed by atoms with Gasteiger partial charge in [0, 0.05) is 17.3 Å². The van der Waals surface area contributed by atoms with Crippen LogP contribution in [0.2, 0.25) is 0 Å². The molecular formula is C20H16FN3O7S2. The summed E-state index contributed by atoms with van der Waals surface area (Å²) in [6.45, 7) is 1.62. The molecule has 172 valence electrons. The minimum atomic E-state index is -3.97. The molecule has 1 amide bonds. The summed E-state index contributed by atoms with van der Waals surface area (Å²) in [5.41, 5.74) is 0.103. The van der Waals surface area contributed by atoms with Crippen LogP contribution in [0.5, 0.6) is 0 Å². The molecule has 0 aliphatic heterocycles. The second-order valence-corrected chi connectivity index (χ2v) is 9.11. The van der Waals surface area contributed by atoms with Gasteiger partial charge in [0.1, 0.15) is 16.4 Å². The maximum absolute atomic E-state index is 13.0. The molecule has 0 radical (unpaired) electrons. The molecule has 0 spiro atoms. The van der Waals surface area contributed by atoms with Crippen molar-refractivity contribution in [3.63, 3.8) is 0 Å². The lowest BCUT2D eigenvalue weighted by Crippen LogP contribution is -2.15. The van der Waals surface area contributed by atoms with Crippen molar-refractivity contribution in [3.8, 4) is 0 Å². The number of amides is 1. The number of hydrogen-bond acceptors (Lipinski definition) is 8. The van der Waals surface area contributed by atoms with Gasteiger partial charge in [-0.2, -0.15) is 0 Å². The molecule has 0 atom stereocenters. The van der Waals surface area contributed by atoms with Crippen molar-refractivity contribution in [2.75, 3.05) is 16.6 Å². The Kier molecular flexibility index (Phi) is 7.04. The predicted molar refractivity (Wildman–Crippen MR) is 119 cm³/mol. The molecule has 2 aromatic carbocycles.